The normalized spacial score (nSPS) is 18.4. The van der Waals surface area contributed by atoms with Gasteiger partial charge in [-0.15, -0.1) is 0 Å². The first kappa shape index (κ1) is 88.6. The van der Waals surface area contributed by atoms with Crippen molar-refractivity contribution in [2.75, 3.05) is 13.2 Å². The predicted molar refractivity (Wildman–Crippen MR) is 390 cm³/mol. The predicted octanol–water partition coefficient (Wildman–Crippen LogP) is 21.1. The van der Waals surface area contributed by atoms with Crippen LogP contribution in [0.5, 0.6) is 0 Å². The number of allylic oxidation sites excluding steroid dienone is 4. The molecule has 0 saturated carbocycles. The Kier molecular flexibility index (Phi) is 66.9. The highest BCUT2D eigenvalue weighted by Gasteiger charge is 2.44. The summed E-state index contributed by atoms with van der Waals surface area (Å²) in [7, 11) is 0. The molecule has 546 valence electrons. The third kappa shape index (κ3) is 55.6. The maximum absolute atomic E-state index is 13.3. The molecule has 1 aliphatic rings. The van der Waals surface area contributed by atoms with Crippen LogP contribution in [0.15, 0.2) is 24.3 Å². The molecule has 1 amide bonds. The van der Waals surface area contributed by atoms with E-state index < -0.39 is 74.2 Å². The molecule has 1 fully saturated rings. The lowest BCUT2D eigenvalue weighted by atomic mass is 9.98. The fraction of sp³-hybridized carbons (Fsp3) is 0.938. The van der Waals surface area contributed by atoms with Gasteiger partial charge in [-0.2, -0.15) is 0 Å². The standard InChI is InChI=1S/C81H157NO10/c1-3-5-7-9-11-13-15-17-19-21-23-25-27-29-31-32-33-34-35-36-37-38-39-40-41-43-45-47-49-51-53-55-57-59-61-63-65-67-69-74(85)80(90)82-72(71-91-81-79(89)78(88)77(87)75(70-83)92-81)76(86)73(84)68-66-64-62-60-58-56-54-52-50-48-46-44-42-30-28-26-24-22-20-18-16-14-12-10-8-6-4-2/h36-37,60,62,72-79,81,83-89H,3-35,38-59,61,63-71H2,1-2H3,(H,82,90)/b37-36-,62-60+. The number of nitrogens with one attached hydrogen (secondary N) is 1. The first-order valence-electron chi connectivity index (χ1n) is 40.7. The number of aliphatic hydroxyl groups is 7. The lowest BCUT2D eigenvalue weighted by Gasteiger charge is -2.40. The van der Waals surface area contributed by atoms with Crippen molar-refractivity contribution in [3.8, 4) is 0 Å². The van der Waals surface area contributed by atoms with Gasteiger partial charge in [0.2, 0.25) is 5.91 Å². The zero-order valence-electron chi connectivity index (χ0n) is 60.8. The SMILES string of the molecule is CCCCCCCCCCCCCCCCCCCC/C=C\CCCCCCCCCCCCCCCCCCC(O)C(=O)NC(COC1OC(CO)C(O)C(O)C1O)C(O)C(O)CCC/C=C/CCCCCCCCCCCCCCCCCCCCCCCC. The van der Waals surface area contributed by atoms with Gasteiger partial charge in [-0.3, -0.25) is 4.79 Å². The molecule has 1 heterocycles. The zero-order valence-corrected chi connectivity index (χ0v) is 60.8. The number of ether oxygens (including phenoxy) is 2. The molecule has 8 N–H and O–H groups in total. The third-order valence-electron chi connectivity index (χ3n) is 20.0. The Labute approximate surface area is 569 Å². The van der Waals surface area contributed by atoms with Gasteiger partial charge >= 0.3 is 0 Å². The molecule has 11 heteroatoms. The number of amides is 1. The molecule has 0 aromatic rings. The second kappa shape index (κ2) is 69.5. The molecule has 11 nitrogen and oxygen atoms in total. The number of carbonyl (C=O) groups is 1. The fourth-order valence-electron chi connectivity index (χ4n) is 13.5. The zero-order chi connectivity index (χ0) is 66.7. The number of carbonyl (C=O) groups excluding carboxylic acids is 1. The van der Waals surface area contributed by atoms with Crippen molar-refractivity contribution in [1.29, 1.82) is 0 Å². The van der Waals surface area contributed by atoms with Gasteiger partial charge in [0.15, 0.2) is 6.29 Å². The van der Waals surface area contributed by atoms with Crippen molar-refractivity contribution < 1.29 is 50.0 Å². The van der Waals surface area contributed by atoms with Gasteiger partial charge in [-0.05, 0) is 64.2 Å². The van der Waals surface area contributed by atoms with Gasteiger partial charge in [0.1, 0.15) is 36.6 Å². The van der Waals surface area contributed by atoms with Crippen molar-refractivity contribution in [2.24, 2.45) is 0 Å². The molecular formula is C81H157NO10. The molecule has 9 unspecified atom stereocenters. The van der Waals surface area contributed by atoms with E-state index in [1.165, 1.54) is 340 Å². The van der Waals surface area contributed by atoms with Gasteiger partial charge in [-0.1, -0.05) is 378 Å². The largest absolute Gasteiger partial charge is 0.394 e. The molecule has 1 aliphatic heterocycles. The Balaban J connectivity index is 2.12. The molecule has 0 aromatic carbocycles. The van der Waals surface area contributed by atoms with E-state index in [4.69, 9.17) is 9.47 Å². The molecule has 0 spiro atoms. The number of aliphatic hydroxyl groups excluding tert-OH is 7. The van der Waals surface area contributed by atoms with Gasteiger partial charge in [0.25, 0.3) is 0 Å². The van der Waals surface area contributed by atoms with Crippen LogP contribution in [0.25, 0.3) is 0 Å². The third-order valence-corrected chi connectivity index (χ3v) is 20.0. The molecule has 0 bridgehead atoms. The molecule has 0 radical (unpaired) electrons. The average molecular weight is 1310 g/mol. The summed E-state index contributed by atoms with van der Waals surface area (Å²) in [5.74, 6) is -0.698. The first-order chi connectivity index (χ1) is 45.2. The van der Waals surface area contributed by atoms with E-state index in [2.05, 4.69) is 43.5 Å². The van der Waals surface area contributed by atoms with Crippen LogP contribution in [0.3, 0.4) is 0 Å². The van der Waals surface area contributed by atoms with Crippen LogP contribution in [-0.2, 0) is 14.3 Å². The number of rotatable bonds is 73. The summed E-state index contributed by atoms with van der Waals surface area (Å²) in [5, 5.41) is 76.7. The van der Waals surface area contributed by atoms with Crippen molar-refractivity contribution in [3.05, 3.63) is 24.3 Å². The molecular weight excluding hydrogens is 1150 g/mol. The van der Waals surface area contributed by atoms with Crippen molar-refractivity contribution in [3.63, 3.8) is 0 Å². The topological polar surface area (TPSA) is 189 Å². The van der Waals surface area contributed by atoms with Gasteiger partial charge in [0.05, 0.1) is 25.4 Å². The Morgan fingerprint density at radius 3 is 0.935 bits per heavy atom. The van der Waals surface area contributed by atoms with Crippen molar-refractivity contribution in [2.45, 2.75) is 473 Å². The average Bonchev–Trinajstić information content (AvgIpc) is 0.997. The van der Waals surface area contributed by atoms with E-state index in [9.17, 15) is 40.5 Å². The van der Waals surface area contributed by atoms with E-state index >= 15 is 0 Å². The van der Waals surface area contributed by atoms with Crippen LogP contribution >= 0.6 is 0 Å². The smallest absolute Gasteiger partial charge is 0.249 e. The summed E-state index contributed by atoms with van der Waals surface area (Å²) in [4.78, 5) is 13.3. The second-order valence-electron chi connectivity index (χ2n) is 28.8. The first-order valence-corrected chi connectivity index (χ1v) is 40.7. The summed E-state index contributed by atoms with van der Waals surface area (Å²) < 4.78 is 11.2. The quantitative estimate of drug-likeness (QED) is 0.0215. The molecule has 0 aliphatic carbocycles. The van der Waals surface area contributed by atoms with Crippen molar-refractivity contribution >= 4 is 5.91 Å². The highest BCUT2D eigenvalue weighted by molar-refractivity contribution is 5.80. The maximum Gasteiger partial charge on any atom is 0.249 e. The van der Waals surface area contributed by atoms with Crippen LogP contribution in [0.1, 0.15) is 418 Å². The molecule has 0 aromatic heterocycles. The van der Waals surface area contributed by atoms with E-state index in [-0.39, 0.29) is 12.8 Å². The highest BCUT2D eigenvalue weighted by Crippen LogP contribution is 2.24. The molecule has 92 heavy (non-hydrogen) atoms. The van der Waals surface area contributed by atoms with Crippen molar-refractivity contribution in [1.82, 2.24) is 5.32 Å². The number of hydrogen-bond donors (Lipinski definition) is 8. The summed E-state index contributed by atoms with van der Waals surface area (Å²) >= 11 is 0. The van der Waals surface area contributed by atoms with Crippen LogP contribution in [0.2, 0.25) is 0 Å². The minimum absolute atomic E-state index is 0.258. The van der Waals surface area contributed by atoms with Crippen LogP contribution in [0, 0.1) is 0 Å². The van der Waals surface area contributed by atoms with Crippen LogP contribution < -0.4 is 5.32 Å². The lowest BCUT2D eigenvalue weighted by molar-refractivity contribution is -0.303. The maximum atomic E-state index is 13.3. The Morgan fingerprint density at radius 1 is 0.370 bits per heavy atom. The molecule has 1 saturated heterocycles. The second-order valence-corrected chi connectivity index (χ2v) is 28.8. The Bertz CT molecular complexity index is 1550. The van der Waals surface area contributed by atoms with Crippen LogP contribution in [0.4, 0.5) is 0 Å². The fourth-order valence-corrected chi connectivity index (χ4v) is 13.5. The Morgan fingerprint density at radius 2 is 0.641 bits per heavy atom. The number of hydrogen-bond acceptors (Lipinski definition) is 10. The summed E-state index contributed by atoms with van der Waals surface area (Å²) in [6.45, 7) is 3.52. The van der Waals surface area contributed by atoms with E-state index in [1.54, 1.807) is 0 Å². The van der Waals surface area contributed by atoms with E-state index in [0.717, 1.165) is 38.5 Å². The minimum atomic E-state index is -1.67. The molecule has 1 rings (SSSR count). The summed E-state index contributed by atoms with van der Waals surface area (Å²) in [6.07, 6.45) is 78.8. The lowest BCUT2D eigenvalue weighted by Crippen LogP contribution is -2.60. The van der Waals surface area contributed by atoms with Gasteiger partial charge in [-0.25, -0.2) is 0 Å². The summed E-state index contributed by atoms with van der Waals surface area (Å²) in [6, 6.07) is -1.19. The van der Waals surface area contributed by atoms with E-state index in [1.807, 2.05) is 0 Å². The van der Waals surface area contributed by atoms with Crippen LogP contribution in [-0.4, -0.2) is 110 Å². The minimum Gasteiger partial charge on any atom is -0.394 e. The monoisotopic (exact) mass is 1300 g/mol. The van der Waals surface area contributed by atoms with Gasteiger partial charge < -0.3 is 50.5 Å². The highest BCUT2D eigenvalue weighted by atomic mass is 16.7. The summed E-state index contributed by atoms with van der Waals surface area (Å²) in [5.41, 5.74) is 0. The number of unbranched alkanes of at least 4 members (excludes halogenated alkanes) is 57. The van der Waals surface area contributed by atoms with E-state index in [0.29, 0.717) is 12.8 Å². The molecule has 9 atom stereocenters. The Hall–Kier alpha value is -1.41. The van der Waals surface area contributed by atoms with Gasteiger partial charge in [0, 0.05) is 0 Å².